The number of rotatable bonds is 4. The molecule has 2 aliphatic rings. The summed E-state index contributed by atoms with van der Waals surface area (Å²) >= 11 is 0. The lowest BCUT2D eigenvalue weighted by Gasteiger charge is -2.22. The third-order valence-electron chi connectivity index (χ3n) is 5.63. The number of hydrogen-bond acceptors (Lipinski definition) is 7. The van der Waals surface area contributed by atoms with Crippen molar-refractivity contribution in [1.29, 1.82) is 10.5 Å². The van der Waals surface area contributed by atoms with Crippen LogP contribution in [0.1, 0.15) is 28.0 Å². The van der Waals surface area contributed by atoms with Gasteiger partial charge >= 0.3 is 0 Å². The molecule has 0 aromatic carbocycles. The maximum atomic E-state index is 13.1. The highest BCUT2D eigenvalue weighted by molar-refractivity contribution is 5.96. The number of hydrogen-bond donors (Lipinski definition) is 0. The summed E-state index contributed by atoms with van der Waals surface area (Å²) in [7, 11) is 0. The van der Waals surface area contributed by atoms with Crippen molar-refractivity contribution in [2.24, 2.45) is 0 Å². The number of fused-ring (bicyclic) bond motifs is 1. The molecule has 0 saturated carbocycles. The number of pyridine rings is 1. The van der Waals surface area contributed by atoms with Gasteiger partial charge in [-0.15, -0.1) is 0 Å². The molecule has 1 fully saturated rings. The van der Waals surface area contributed by atoms with Crippen LogP contribution in [0.25, 0.3) is 5.82 Å². The van der Waals surface area contributed by atoms with Crippen LogP contribution in [0.3, 0.4) is 0 Å². The summed E-state index contributed by atoms with van der Waals surface area (Å²) in [5.41, 5.74) is 1.69. The van der Waals surface area contributed by atoms with E-state index in [4.69, 9.17) is 5.26 Å². The van der Waals surface area contributed by atoms with E-state index >= 15 is 0 Å². The van der Waals surface area contributed by atoms with Gasteiger partial charge in [-0.2, -0.15) is 20.7 Å². The van der Waals surface area contributed by atoms with Gasteiger partial charge in [-0.1, -0.05) is 6.07 Å². The Balaban J connectivity index is 1.35. The molecular weight excluding hydrogens is 382 g/mol. The Bertz CT molecular complexity index is 1180. The first kappa shape index (κ1) is 17.9. The van der Waals surface area contributed by atoms with E-state index in [0.29, 0.717) is 43.1 Å². The summed E-state index contributed by atoms with van der Waals surface area (Å²) in [4.78, 5) is 21.1. The Morgan fingerprint density at radius 1 is 1.23 bits per heavy atom. The summed E-state index contributed by atoms with van der Waals surface area (Å²) in [5, 5.41) is 26.9. The molecule has 1 amide bonds. The van der Waals surface area contributed by atoms with Gasteiger partial charge in [-0.3, -0.25) is 9.48 Å². The number of nitrogens with zero attached hydrogens (tertiary/aromatic N) is 9. The van der Waals surface area contributed by atoms with Gasteiger partial charge in [0.15, 0.2) is 12.0 Å². The highest BCUT2D eigenvalue weighted by Gasteiger charge is 2.41. The van der Waals surface area contributed by atoms with Crippen LogP contribution in [-0.2, 0) is 13.1 Å². The average Bonchev–Trinajstić information content (AvgIpc) is 3.55. The molecule has 2 atom stereocenters. The van der Waals surface area contributed by atoms with Crippen molar-refractivity contribution in [2.75, 3.05) is 6.54 Å². The smallest absolute Gasteiger partial charge is 0.273 e. The van der Waals surface area contributed by atoms with E-state index in [0.717, 1.165) is 5.56 Å². The molecule has 10 nitrogen and oxygen atoms in total. The maximum absolute atomic E-state index is 13.1. The number of amides is 1. The molecule has 5 heterocycles. The van der Waals surface area contributed by atoms with Gasteiger partial charge in [0, 0.05) is 31.0 Å². The quantitative estimate of drug-likeness (QED) is 0.598. The predicted octanol–water partition coefficient (Wildman–Crippen LogP) is 0.915. The number of carbonyl (C=O) groups is 1. The first-order valence-electron chi connectivity index (χ1n) is 9.56. The maximum Gasteiger partial charge on any atom is 0.273 e. The highest BCUT2D eigenvalue weighted by atomic mass is 16.2. The van der Waals surface area contributed by atoms with Crippen LogP contribution in [0.4, 0.5) is 0 Å². The first-order chi connectivity index (χ1) is 14.7. The normalized spacial score (nSPS) is 20.3. The fraction of sp³-hybridized carbons (Fsp3) is 0.300. The second-order valence-corrected chi connectivity index (χ2v) is 7.42. The molecule has 3 aromatic heterocycles. The van der Waals surface area contributed by atoms with Crippen molar-refractivity contribution in [2.45, 2.75) is 31.6 Å². The Hall–Kier alpha value is -4.18. The fourth-order valence-corrected chi connectivity index (χ4v) is 4.15. The van der Waals surface area contributed by atoms with Crippen molar-refractivity contribution in [3.8, 4) is 18.1 Å². The second-order valence-electron chi connectivity index (χ2n) is 7.42. The minimum Gasteiger partial charge on any atom is -0.328 e. The zero-order valence-corrected chi connectivity index (χ0v) is 16.0. The van der Waals surface area contributed by atoms with Gasteiger partial charge < -0.3 is 9.80 Å². The monoisotopic (exact) mass is 399 g/mol. The lowest BCUT2D eigenvalue weighted by Crippen LogP contribution is -2.37. The molecule has 0 aliphatic carbocycles. The Morgan fingerprint density at radius 2 is 2.13 bits per heavy atom. The summed E-state index contributed by atoms with van der Waals surface area (Å²) in [5.74, 6) is 0.356. The topological polar surface area (TPSA) is 120 Å². The standard InChI is InChI=1S/C20H17N9O/c21-7-14-8-24-29(9-14)18-3-2-15-10-28(20(30)19(15)25-18)17-6-16(26(11-17)13-22)12-27-5-1-4-23-27/h1-5,8-9,16-17H,6,10-12H2/t16-,17+/m0/s1. The van der Waals surface area contributed by atoms with Crippen molar-refractivity contribution in [3.05, 3.63) is 59.8 Å². The van der Waals surface area contributed by atoms with E-state index in [1.165, 1.54) is 10.9 Å². The summed E-state index contributed by atoms with van der Waals surface area (Å²) in [6.07, 6.45) is 9.57. The third-order valence-corrected chi connectivity index (χ3v) is 5.63. The number of likely N-dealkylation sites (tertiary alicyclic amines) is 1. The van der Waals surface area contributed by atoms with E-state index in [-0.39, 0.29) is 18.0 Å². The van der Waals surface area contributed by atoms with Crippen LogP contribution in [-0.4, -0.2) is 58.9 Å². The molecule has 2 aliphatic heterocycles. The SMILES string of the molecule is N#Cc1cnn(-c2ccc3c(n2)C(=O)N([C@@H]2C[C@@H](Cn4cccn4)N(C#N)C2)C3)c1. The zero-order valence-electron chi connectivity index (χ0n) is 16.0. The van der Waals surface area contributed by atoms with Gasteiger partial charge in [0.2, 0.25) is 0 Å². The average molecular weight is 399 g/mol. The second kappa shape index (κ2) is 7.01. The third kappa shape index (κ3) is 2.95. The van der Waals surface area contributed by atoms with Crippen molar-refractivity contribution in [1.82, 2.24) is 34.3 Å². The van der Waals surface area contributed by atoms with Gasteiger partial charge in [0.05, 0.1) is 36.6 Å². The molecule has 30 heavy (non-hydrogen) atoms. The van der Waals surface area contributed by atoms with Crippen molar-refractivity contribution < 1.29 is 4.79 Å². The summed E-state index contributed by atoms with van der Waals surface area (Å²) in [6, 6.07) is 7.48. The lowest BCUT2D eigenvalue weighted by molar-refractivity contribution is 0.0707. The largest absolute Gasteiger partial charge is 0.328 e. The molecule has 0 bridgehead atoms. The van der Waals surface area contributed by atoms with E-state index < -0.39 is 0 Å². The minimum absolute atomic E-state index is 0.00610. The Morgan fingerprint density at radius 3 is 2.87 bits per heavy atom. The van der Waals surface area contributed by atoms with Crippen LogP contribution < -0.4 is 0 Å². The Labute approximate surface area is 172 Å². The molecule has 0 unspecified atom stereocenters. The molecule has 148 valence electrons. The van der Waals surface area contributed by atoms with Gasteiger partial charge in [-0.05, 0) is 18.6 Å². The molecule has 10 heteroatoms. The van der Waals surface area contributed by atoms with E-state index in [1.54, 1.807) is 28.3 Å². The molecule has 5 rings (SSSR count). The van der Waals surface area contributed by atoms with Gasteiger partial charge in [0.25, 0.3) is 5.91 Å². The molecule has 1 saturated heterocycles. The highest BCUT2D eigenvalue weighted by Crippen LogP contribution is 2.30. The number of nitriles is 2. The first-order valence-corrected chi connectivity index (χ1v) is 9.56. The summed E-state index contributed by atoms with van der Waals surface area (Å²) in [6.45, 7) is 1.58. The fourth-order valence-electron chi connectivity index (χ4n) is 4.15. The van der Waals surface area contributed by atoms with Crippen LogP contribution in [0.15, 0.2) is 43.0 Å². The van der Waals surface area contributed by atoms with Crippen molar-refractivity contribution >= 4 is 5.91 Å². The lowest BCUT2D eigenvalue weighted by atomic mass is 10.1. The summed E-state index contributed by atoms with van der Waals surface area (Å²) < 4.78 is 3.30. The van der Waals surface area contributed by atoms with Crippen LogP contribution in [0.2, 0.25) is 0 Å². The van der Waals surface area contributed by atoms with Crippen LogP contribution in [0.5, 0.6) is 0 Å². The molecule has 0 radical (unpaired) electrons. The minimum atomic E-state index is -0.137. The molecule has 3 aromatic rings. The van der Waals surface area contributed by atoms with E-state index in [9.17, 15) is 10.1 Å². The number of carbonyl (C=O) groups excluding carboxylic acids is 1. The molecular formula is C20H17N9O. The van der Waals surface area contributed by atoms with Crippen LogP contribution in [0, 0.1) is 22.8 Å². The van der Waals surface area contributed by atoms with E-state index in [1.807, 2.05) is 29.1 Å². The molecule has 0 spiro atoms. The predicted molar refractivity (Wildman–Crippen MR) is 103 cm³/mol. The van der Waals surface area contributed by atoms with Gasteiger partial charge in [0.1, 0.15) is 11.8 Å². The number of aromatic nitrogens is 5. The van der Waals surface area contributed by atoms with Gasteiger partial charge in [-0.25, -0.2) is 9.67 Å². The Kier molecular flexibility index (Phi) is 4.18. The molecule has 0 N–H and O–H groups in total. The van der Waals surface area contributed by atoms with Crippen molar-refractivity contribution in [3.63, 3.8) is 0 Å². The van der Waals surface area contributed by atoms with Crippen LogP contribution >= 0.6 is 0 Å². The van der Waals surface area contributed by atoms with E-state index in [2.05, 4.69) is 21.4 Å². The zero-order chi connectivity index (χ0) is 20.7.